The maximum absolute atomic E-state index is 6.00. The molecule has 0 aromatic heterocycles. The topological polar surface area (TPSA) is 26.0 Å². The summed E-state index contributed by atoms with van der Waals surface area (Å²) in [5, 5.41) is 0. The minimum absolute atomic E-state index is 0.309. The molecule has 82 valence electrons. The van der Waals surface area contributed by atoms with Crippen LogP contribution in [0.1, 0.15) is 30.4 Å². The molecule has 15 heavy (non-hydrogen) atoms. The second kappa shape index (κ2) is 6.41. The predicted octanol–water partition coefficient (Wildman–Crippen LogP) is 3.22. The van der Waals surface area contributed by atoms with Crippen molar-refractivity contribution in [3.05, 3.63) is 48.0 Å². The van der Waals surface area contributed by atoms with Crippen molar-refractivity contribution in [1.82, 2.24) is 0 Å². The summed E-state index contributed by atoms with van der Waals surface area (Å²) in [7, 11) is 0. The van der Waals surface area contributed by atoms with Crippen molar-refractivity contribution in [3.8, 4) is 0 Å². The molecule has 0 amide bonds. The molecule has 1 aromatic carbocycles. The van der Waals surface area contributed by atoms with Crippen LogP contribution in [-0.2, 0) is 6.42 Å². The van der Waals surface area contributed by atoms with Gasteiger partial charge in [-0.3, -0.25) is 0 Å². The van der Waals surface area contributed by atoms with Crippen LogP contribution in [0.4, 0.5) is 0 Å². The average molecular weight is 203 g/mol. The molecule has 0 spiro atoms. The Bertz CT molecular complexity index is 304. The lowest BCUT2D eigenvalue weighted by atomic mass is 10.0. The first-order chi connectivity index (χ1) is 7.22. The Labute approximate surface area is 93.0 Å². The molecule has 0 saturated carbocycles. The van der Waals surface area contributed by atoms with E-state index in [1.54, 1.807) is 0 Å². The van der Waals surface area contributed by atoms with Crippen LogP contribution in [0, 0.1) is 6.92 Å². The highest BCUT2D eigenvalue weighted by atomic mass is 14.6. The van der Waals surface area contributed by atoms with Gasteiger partial charge in [0.1, 0.15) is 0 Å². The third-order valence-electron chi connectivity index (χ3n) is 2.63. The van der Waals surface area contributed by atoms with Crippen LogP contribution in [0.15, 0.2) is 36.9 Å². The Balaban J connectivity index is 2.33. The van der Waals surface area contributed by atoms with Crippen LogP contribution in [0.25, 0.3) is 0 Å². The van der Waals surface area contributed by atoms with Crippen molar-refractivity contribution in [2.45, 2.75) is 38.6 Å². The lowest BCUT2D eigenvalue weighted by Gasteiger charge is -2.10. The number of benzene rings is 1. The molecule has 2 N–H and O–H groups in total. The van der Waals surface area contributed by atoms with Crippen molar-refractivity contribution in [2.75, 3.05) is 0 Å². The highest BCUT2D eigenvalue weighted by Gasteiger charge is 2.01. The van der Waals surface area contributed by atoms with E-state index < -0.39 is 0 Å². The van der Waals surface area contributed by atoms with E-state index in [9.17, 15) is 0 Å². The molecular weight excluding hydrogens is 182 g/mol. The first-order valence-corrected chi connectivity index (χ1v) is 5.64. The van der Waals surface area contributed by atoms with Crippen LogP contribution in [0.2, 0.25) is 0 Å². The van der Waals surface area contributed by atoms with Gasteiger partial charge >= 0.3 is 0 Å². The lowest BCUT2D eigenvalue weighted by molar-refractivity contribution is 0.574. The normalized spacial score (nSPS) is 12.4. The van der Waals surface area contributed by atoms with E-state index >= 15 is 0 Å². The fraction of sp³-hybridized carbons (Fsp3) is 0.429. The van der Waals surface area contributed by atoms with Gasteiger partial charge in [-0.2, -0.15) is 0 Å². The number of hydrogen-bond acceptors (Lipinski definition) is 1. The smallest absolute Gasteiger partial charge is 0.00449 e. The van der Waals surface area contributed by atoms with Gasteiger partial charge in [0.25, 0.3) is 0 Å². The van der Waals surface area contributed by atoms with E-state index in [4.69, 9.17) is 5.73 Å². The SMILES string of the molecule is C=CCCC(N)CCc1cccc(C)c1. The van der Waals surface area contributed by atoms with Gasteiger partial charge in [-0.25, -0.2) is 0 Å². The van der Waals surface area contributed by atoms with Gasteiger partial charge in [-0.1, -0.05) is 35.9 Å². The number of rotatable bonds is 6. The molecule has 0 radical (unpaired) electrons. The molecule has 1 rings (SSSR count). The van der Waals surface area contributed by atoms with E-state index in [0.29, 0.717) is 6.04 Å². The molecule has 0 aliphatic rings. The monoisotopic (exact) mass is 203 g/mol. The van der Waals surface area contributed by atoms with Crippen LogP contribution < -0.4 is 5.73 Å². The molecule has 0 aliphatic carbocycles. The standard InChI is InChI=1S/C14H21N/c1-3-4-8-14(15)10-9-13-7-5-6-12(2)11-13/h3,5-7,11,14H,1,4,8-10,15H2,2H3. The van der Waals surface area contributed by atoms with E-state index in [2.05, 4.69) is 37.8 Å². The summed E-state index contributed by atoms with van der Waals surface area (Å²) in [6, 6.07) is 8.96. The summed E-state index contributed by atoms with van der Waals surface area (Å²) < 4.78 is 0. The molecule has 1 heteroatoms. The summed E-state index contributed by atoms with van der Waals surface area (Å²) in [5.41, 5.74) is 8.72. The Kier molecular flexibility index (Phi) is 5.13. The van der Waals surface area contributed by atoms with E-state index in [-0.39, 0.29) is 0 Å². The Morgan fingerprint density at radius 2 is 2.20 bits per heavy atom. The van der Waals surface area contributed by atoms with Crippen molar-refractivity contribution >= 4 is 0 Å². The molecule has 0 aliphatic heterocycles. The van der Waals surface area contributed by atoms with E-state index in [1.165, 1.54) is 11.1 Å². The van der Waals surface area contributed by atoms with Crippen molar-refractivity contribution < 1.29 is 0 Å². The summed E-state index contributed by atoms with van der Waals surface area (Å²) in [6.07, 6.45) is 6.16. The molecular formula is C14H21N. The molecule has 1 unspecified atom stereocenters. The quantitative estimate of drug-likeness (QED) is 0.706. The zero-order valence-corrected chi connectivity index (χ0v) is 9.58. The first-order valence-electron chi connectivity index (χ1n) is 5.64. The van der Waals surface area contributed by atoms with Gasteiger partial charge in [0.15, 0.2) is 0 Å². The number of hydrogen-bond donors (Lipinski definition) is 1. The van der Waals surface area contributed by atoms with Gasteiger partial charge in [-0.05, 0) is 38.2 Å². The van der Waals surface area contributed by atoms with Gasteiger partial charge < -0.3 is 5.73 Å². The predicted molar refractivity (Wildman–Crippen MR) is 66.9 cm³/mol. The fourth-order valence-electron chi connectivity index (χ4n) is 1.70. The first kappa shape index (κ1) is 12.0. The van der Waals surface area contributed by atoms with Crippen molar-refractivity contribution in [2.24, 2.45) is 5.73 Å². The molecule has 0 bridgehead atoms. The number of allylic oxidation sites excluding steroid dienone is 1. The average Bonchev–Trinajstić information content (AvgIpc) is 2.23. The zero-order valence-electron chi connectivity index (χ0n) is 9.58. The largest absolute Gasteiger partial charge is 0.328 e. The summed E-state index contributed by atoms with van der Waals surface area (Å²) in [6.45, 7) is 5.83. The Morgan fingerprint density at radius 3 is 2.87 bits per heavy atom. The maximum atomic E-state index is 6.00. The van der Waals surface area contributed by atoms with E-state index in [0.717, 1.165) is 25.7 Å². The highest BCUT2D eigenvalue weighted by Crippen LogP contribution is 2.09. The second-order valence-electron chi connectivity index (χ2n) is 4.15. The Morgan fingerprint density at radius 1 is 1.40 bits per heavy atom. The minimum Gasteiger partial charge on any atom is -0.328 e. The molecule has 0 heterocycles. The van der Waals surface area contributed by atoms with Gasteiger partial charge in [0.05, 0.1) is 0 Å². The van der Waals surface area contributed by atoms with Crippen LogP contribution >= 0.6 is 0 Å². The van der Waals surface area contributed by atoms with Crippen LogP contribution in [0.5, 0.6) is 0 Å². The third-order valence-corrected chi connectivity index (χ3v) is 2.63. The van der Waals surface area contributed by atoms with Gasteiger partial charge in [-0.15, -0.1) is 6.58 Å². The van der Waals surface area contributed by atoms with Crippen molar-refractivity contribution in [3.63, 3.8) is 0 Å². The highest BCUT2D eigenvalue weighted by molar-refractivity contribution is 5.22. The molecule has 1 nitrogen and oxygen atoms in total. The molecule has 1 aromatic rings. The third kappa shape index (κ3) is 4.80. The zero-order chi connectivity index (χ0) is 11.1. The molecule has 1 atom stereocenters. The molecule has 0 saturated heterocycles. The van der Waals surface area contributed by atoms with Crippen LogP contribution in [-0.4, -0.2) is 6.04 Å². The number of nitrogens with two attached hydrogens (primary N) is 1. The van der Waals surface area contributed by atoms with E-state index in [1.807, 2.05) is 6.08 Å². The number of aryl methyl sites for hydroxylation is 2. The molecule has 0 fully saturated rings. The summed E-state index contributed by atoms with van der Waals surface area (Å²) in [4.78, 5) is 0. The van der Waals surface area contributed by atoms with Gasteiger partial charge in [0, 0.05) is 6.04 Å². The van der Waals surface area contributed by atoms with Crippen molar-refractivity contribution in [1.29, 1.82) is 0 Å². The maximum Gasteiger partial charge on any atom is 0.00449 e. The summed E-state index contributed by atoms with van der Waals surface area (Å²) >= 11 is 0. The Hall–Kier alpha value is -1.08. The van der Waals surface area contributed by atoms with Gasteiger partial charge in [0.2, 0.25) is 0 Å². The lowest BCUT2D eigenvalue weighted by Crippen LogP contribution is -2.20. The minimum atomic E-state index is 0.309. The summed E-state index contributed by atoms with van der Waals surface area (Å²) in [5.74, 6) is 0. The van der Waals surface area contributed by atoms with Crippen LogP contribution in [0.3, 0.4) is 0 Å². The fourth-order valence-corrected chi connectivity index (χ4v) is 1.70. The second-order valence-corrected chi connectivity index (χ2v) is 4.15.